The lowest BCUT2D eigenvalue weighted by Gasteiger charge is -2.38. The van der Waals surface area contributed by atoms with Crippen LogP contribution in [0.4, 0.5) is 17.1 Å². The number of ketones is 1. The van der Waals surface area contributed by atoms with E-state index in [9.17, 15) is 4.79 Å². The van der Waals surface area contributed by atoms with E-state index in [-0.39, 0.29) is 5.78 Å². The van der Waals surface area contributed by atoms with Crippen LogP contribution in [-0.4, -0.2) is 50.3 Å². The molecule has 7 rings (SSSR count). The van der Waals surface area contributed by atoms with Gasteiger partial charge in [0, 0.05) is 54.7 Å². The van der Waals surface area contributed by atoms with Crippen LogP contribution < -0.4 is 19.9 Å². The van der Waals surface area contributed by atoms with Crippen molar-refractivity contribution in [3.8, 4) is 17.1 Å². The molecule has 2 heterocycles. The number of methoxy groups -OCH3 is 1. The Morgan fingerprint density at radius 3 is 2.37 bits per heavy atom. The molecule has 3 aliphatic rings. The highest BCUT2D eigenvalue weighted by Gasteiger charge is 2.34. The minimum atomic E-state index is 0.0514. The van der Waals surface area contributed by atoms with Crippen LogP contribution in [0.3, 0.4) is 0 Å². The van der Waals surface area contributed by atoms with Crippen LogP contribution in [0.2, 0.25) is 0 Å². The quantitative estimate of drug-likeness (QED) is 0.307. The largest absolute Gasteiger partial charge is 0.497 e. The molecular weight excluding hydrogens is 476 g/mol. The monoisotopic (exact) mass is 508 g/mol. The van der Waals surface area contributed by atoms with Gasteiger partial charge in [0.15, 0.2) is 11.5 Å². The minimum Gasteiger partial charge on any atom is -0.497 e. The van der Waals surface area contributed by atoms with Gasteiger partial charge >= 0.3 is 0 Å². The highest BCUT2D eigenvalue weighted by atomic mass is 16.5. The molecule has 0 atom stereocenters. The Morgan fingerprint density at radius 2 is 1.63 bits per heavy atom. The zero-order valence-electron chi connectivity index (χ0n) is 21.7. The fourth-order valence-corrected chi connectivity index (χ4v) is 6.36. The van der Waals surface area contributed by atoms with Crippen LogP contribution in [0.25, 0.3) is 22.2 Å². The van der Waals surface area contributed by atoms with Crippen molar-refractivity contribution in [3.05, 3.63) is 65.7 Å². The van der Waals surface area contributed by atoms with E-state index in [2.05, 4.69) is 38.5 Å². The Hall–Kier alpha value is -4.00. The molecule has 1 saturated heterocycles. The molecule has 0 radical (unpaired) electrons. The predicted molar refractivity (Wildman–Crippen MR) is 151 cm³/mol. The second kappa shape index (κ2) is 9.39. The molecule has 38 heavy (non-hydrogen) atoms. The molecule has 1 aromatic heterocycles. The molecule has 7 heteroatoms. The summed E-state index contributed by atoms with van der Waals surface area (Å²) in [7, 11) is 1.69. The van der Waals surface area contributed by atoms with E-state index < -0.39 is 0 Å². The first-order valence-corrected chi connectivity index (χ1v) is 13.7. The van der Waals surface area contributed by atoms with Crippen LogP contribution in [0.5, 0.6) is 5.75 Å². The van der Waals surface area contributed by atoms with E-state index in [1.165, 1.54) is 24.9 Å². The second-order valence-electron chi connectivity index (χ2n) is 10.6. The molecular formula is C31H32N4O3. The Labute approximate surface area is 222 Å². The number of hydrogen-bond donors (Lipinski definition) is 1. The van der Waals surface area contributed by atoms with E-state index in [0.717, 1.165) is 72.6 Å². The maximum Gasteiger partial charge on any atom is 0.196 e. The van der Waals surface area contributed by atoms with Crippen LogP contribution >= 0.6 is 0 Å². The van der Waals surface area contributed by atoms with E-state index in [1.807, 2.05) is 36.4 Å². The van der Waals surface area contributed by atoms with Gasteiger partial charge in [0.1, 0.15) is 11.3 Å². The fourth-order valence-electron chi connectivity index (χ4n) is 6.36. The Morgan fingerprint density at radius 1 is 0.921 bits per heavy atom. The van der Waals surface area contributed by atoms with Gasteiger partial charge in [-0.15, -0.1) is 0 Å². The first-order valence-electron chi connectivity index (χ1n) is 13.7. The van der Waals surface area contributed by atoms with E-state index >= 15 is 0 Å². The SMILES string of the molecule is COc1ccc(N2CCN(c3cc(NC4CCCCC4)c4c5c(onc35)-c3ccccc3C4=O)CC2)cc1. The maximum atomic E-state index is 13.8. The molecule has 4 aromatic rings. The average molecular weight is 509 g/mol. The molecule has 1 aliphatic heterocycles. The first-order chi connectivity index (χ1) is 18.7. The number of nitrogens with one attached hydrogen (secondary N) is 1. The van der Waals surface area contributed by atoms with Gasteiger partial charge in [0.25, 0.3) is 0 Å². The average Bonchev–Trinajstić information content (AvgIpc) is 3.42. The zero-order valence-corrected chi connectivity index (χ0v) is 21.7. The van der Waals surface area contributed by atoms with Gasteiger partial charge < -0.3 is 24.4 Å². The Bertz CT molecular complexity index is 1500. The number of nitrogens with zero attached hydrogens (tertiary/aromatic N) is 3. The summed E-state index contributed by atoms with van der Waals surface area (Å²) in [5.74, 6) is 1.62. The van der Waals surface area contributed by atoms with Gasteiger partial charge in [-0.05, 0) is 43.2 Å². The lowest BCUT2D eigenvalue weighted by atomic mass is 9.85. The van der Waals surface area contributed by atoms with Gasteiger partial charge in [0.2, 0.25) is 0 Å². The minimum absolute atomic E-state index is 0.0514. The van der Waals surface area contributed by atoms with Crippen LogP contribution in [-0.2, 0) is 0 Å². The standard InChI is InChI=1S/C31H32N4O3/c1-37-22-13-11-21(12-14-22)34-15-17-35(18-16-34)26-19-25(32-20-7-3-2-4-8-20)27-28-29(26)33-38-31(28)24-10-6-5-9-23(24)30(27)36/h5-6,9-14,19-20,32H,2-4,7-8,15-18H2,1H3. The van der Waals surface area contributed by atoms with Gasteiger partial charge in [-0.3, -0.25) is 4.79 Å². The summed E-state index contributed by atoms with van der Waals surface area (Å²) < 4.78 is 11.3. The molecule has 0 bridgehead atoms. The number of anilines is 3. The van der Waals surface area contributed by atoms with Gasteiger partial charge in [0.05, 0.1) is 23.7 Å². The number of benzene rings is 3. The Kier molecular flexibility index (Phi) is 5.72. The van der Waals surface area contributed by atoms with Crippen molar-refractivity contribution in [3.63, 3.8) is 0 Å². The lowest BCUT2D eigenvalue weighted by Crippen LogP contribution is -2.46. The molecule has 1 N–H and O–H groups in total. The summed E-state index contributed by atoms with van der Waals surface area (Å²) in [5.41, 5.74) is 6.17. The maximum absolute atomic E-state index is 13.8. The highest BCUT2D eigenvalue weighted by molar-refractivity contribution is 6.28. The van der Waals surface area contributed by atoms with Crippen LogP contribution in [0.1, 0.15) is 48.0 Å². The number of hydrogen-bond acceptors (Lipinski definition) is 7. The van der Waals surface area contributed by atoms with E-state index in [4.69, 9.17) is 9.26 Å². The van der Waals surface area contributed by atoms with Crippen molar-refractivity contribution in [2.24, 2.45) is 0 Å². The van der Waals surface area contributed by atoms with Crippen molar-refractivity contribution in [1.82, 2.24) is 5.16 Å². The van der Waals surface area contributed by atoms with Gasteiger partial charge in [-0.2, -0.15) is 0 Å². The van der Waals surface area contributed by atoms with E-state index in [1.54, 1.807) is 7.11 Å². The van der Waals surface area contributed by atoms with Crippen molar-refractivity contribution in [2.75, 3.05) is 48.4 Å². The third-order valence-corrected chi connectivity index (χ3v) is 8.40. The van der Waals surface area contributed by atoms with Crippen molar-refractivity contribution in [2.45, 2.75) is 38.1 Å². The summed E-state index contributed by atoms with van der Waals surface area (Å²) in [5, 5.41) is 9.20. The summed E-state index contributed by atoms with van der Waals surface area (Å²) in [6, 6.07) is 18.5. The van der Waals surface area contributed by atoms with Gasteiger partial charge in [-0.1, -0.05) is 48.7 Å². The first kappa shape index (κ1) is 23.1. The number of fused-ring (bicyclic) bond motifs is 2. The van der Waals surface area contributed by atoms with E-state index in [0.29, 0.717) is 22.9 Å². The number of carbonyl (C=O) groups is 1. The van der Waals surface area contributed by atoms with Crippen LogP contribution in [0.15, 0.2) is 59.1 Å². The number of carbonyl (C=O) groups excluding carboxylic acids is 1. The predicted octanol–water partition coefficient (Wildman–Crippen LogP) is 6.12. The molecule has 194 valence electrons. The smallest absolute Gasteiger partial charge is 0.196 e. The van der Waals surface area contributed by atoms with Gasteiger partial charge in [-0.25, -0.2) is 0 Å². The summed E-state index contributed by atoms with van der Waals surface area (Å²) >= 11 is 0. The molecule has 0 amide bonds. The summed E-state index contributed by atoms with van der Waals surface area (Å²) in [4.78, 5) is 18.6. The molecule has 1 saturated carbocycles. The third-order valence-electron chi connectivity index (χ3n) is 8.40. The normalized spacial score (nSPS) is 17.6. The highest BCUT2D eigenvalue weighted by Crippen LogP contribution is 2.46. The molecule has 7 nitrogen and oxygen atoms in total. The Balaban J connectivity index is 1.27. The van der Waals surface area contributed by atoms with Crippen molar-refractivity contribution >= 4 is 33.7 Å². The molecule has 3 aromatic carbocycles. The zero-order chi connectivity index (χ0) is 25.6. The number of aromatic nitrogens is 1. The molecule has 2 aliphatic carbocycles. The van der Waals surface area contributed by atoms with Crippen molar-refractivity contribution < 1.29 is 14.1 Å². The third kappa shape index (κ3) is 3.80. The summed E-state index contributed by atoms with van der Waals surface area (Å²) in [6.45, 7) is 3.51. The fraction of sp³-hybridized carbons (Fsp3) is 0.355. The number of rotatable bonds is 5. The lowest BCUT2D eigenvalue weighted by molar-refractivity contribution is 0.104. The van der Waals surface area contributed by atoms with Crippen molar-refractivity contribution in [1.29, 1.82) is 0 Å². The second-order valence-corrected chi connectivity index (χ2v) is 10.6. The van der Waals surface area contributed by atoms with Crippen LogP contribution in [0, 0.1) is 0 Å². The molecule has 2 fully saturated rings. The summed E-state index contributed by atoms with van der Waals surface area (Å²) in [6.07, 6.45) is 6.01. The molecule has 0 spiro atoms. The topological polar surface area (TPSA) is 70.8 Å². The molecule has 0 unspecified atom stereocenters. The number of ether oxygens (including phenoxy) is 1. The number of piperazine rings is 1.